The Balaban J connectivity index is 3.91. The SMILES string of the molecule is CC=CC=[N+](C)C(C)CC. The van der Waals surface area contributed by atoms with Gasteiger partial charge in [-0.2, -0.15) is 0 Å². The first-order valence-electron chi connectivity index (χ1n) is 3.90. The van der Waals surface area contributed by atoms with Crippen LogP contribution >= 0.6 is 0 Å². The molecule has 0 aliphatic heterocycles. The van der Waals surface area contributed by atoms with E-state index in [0.29, 0.717) is 6.04 Å². The predicted molar refractivity (Wildman–Crippen MR) is 46.8 cm³/mol. The zero-order valence-electron chi connectivity index (χ0n) is 7.46. The van der Waals surface area contributed by atoms with E-state index in [1.54, 1.807) is 0 Å². The zero-order valence-corrected chi connectivity index (χ0v) is 7.46. The number of rotatable bonds is 3. The van der Waals surface area contributed by atoms with E-state index in [9.17, 15) is 0 Å². The molecule has 0 heterocycles. The molecule has 0 radical (unpaired) electrons. The molecule has 0 rings (SSSR count). The Morgan fingerprint density at radius 2 is 2.10 bits per heavy atom. The van der Waals surface area contributed by atoms with E-state index >= 15 is 0 Å². The van der Waals surface area contributed by atoms with E-state index in [-0.39, 0.29) is 0 Å². The Morgan fingerprint density at radius 1 is 1.50 bits per heavy atom. The molecule has 0 aliphatic rings. The van der Waals surface area contributed by atoms with Crippen LogP contribution in [0.4, 0.5) is 0 Å². The summed E-state index contributed by atoms with van der Waals surface area (Å²) in [6.45, 7) is 6.45. The first-order chi connectivity index (χ1) is 4.72. The minimum Gasteiger partial charge on any atom is -0.236 e. The first kappa shape index (κ1) is 9.41. The maximum Gasteiger partial charge on any atom is 0.162 e. The van der Waals surface area contributed by atoms with Crippen LogP contribution in [0.3, 0.4) is 0 Å². The lowest BCUT2D eigenvalue weighted by Gasteiger charge is -2.01. The molecule has 58 valence electrons. The molecule has 10 heavy (non-hydrogen) atoms. The normalized spacial score (nSPS) is 16.2. The molecule has 0 saturated carbocycles. The molecular formula is C9H18N+. The number of hydrogen-bond acceptors (Lipinski definition) is 0. The van der Waals surface area contributed by atoms with Gasteiger partial charge < -0.3 is 0 Å². The van der Waals surface area contributed by atoms with Crippen molar-refractivity contribution in [2.45, 2.75) is 33.2 Å². The van der Waals surface area contributed by atoms with Gasteiger partial charge in [0.1, 0.15) is 13.1 Å². The van der Waals surface area contributed by atoms with Crippen molar-refractivity contribution in [3.63, 3.8) is 0 Å². The first-order valence-corrected chi connectivity index (χ1v) is 3.90. The molecule has 0 aromatic carbocycles. The van der Waals surface area contributed by atoms with Gasteiger partial charge >= 0.3 is 0 Å². The van der Waals surface area contributed by atoms with Crippen molar-refractivity contribution >= 4 is 6.21 Å². The number of allylic oxidation sites excluding steroid dienone is 2. The summed E-state index contributed by atoms with van der Waals surface area (Å²) in [4.78, 5) is 0. The molecular weight excluding hydrogens is 122 g/mol. The summed E-state index contributed by atoms with van der Waals surface area (Å²) in [5.74, 6) is 0. The molecule has 1 heteroatoms. The van der Waals surface area contributed by atoms with E-state index < -0.39 is 0 Å². The standard InChI is InChI=1S/C9H18N/c1-5-7-8-10(4)9(3)6-2/h5,7-9H,6H2,1-4H3/q+1. The Morgan fingerprint density at radius 3 is 2.50 bits per heavy atom. The third-order valence-corrected chi connectivity index (χ3v) is 1.80. The highest BCUT2D eigenvalue weighted by atomic mass is 15.0. The van der Waals surface area contributed by atoms with Crippen LogP contribution in [0.25, 0.3) is 0 Å². The second-order valence-corrected chi connectivity index (χ2v) is 2.60. The molecule has 0 bridgehead atoms. The summed E-state index contributed by atoms with van der Waals surface area (Å²) in [6.07, 6.45) is 7.41. The fourth-order valence-corrected chi connectivity index (χ4v) is 0.657. The highest BCUT2D eigenvalue weighted by molar-refractivity contribution is 5.65. The van der Waals surface area contributed by atoms with Crippen molar-refractivity contribution in [1.82, 2.24) is 0 Å². The van der Waals surface area contributed by atoms with Gasteiger partial charge in [-0.25, -0.2) is 4.58 Å². The van der Waals surface area contributed by atoms with Crippen molar-refractivity contribution in [3.8, 4) is 0 Å². The molecule has 1 atom stereocenters. The fraction of sp³-hybridized carbons (Fsp3) is 0.667. The summed E-state index contributed by atoms with van der Waals surface area (Å²) in [7, 11) is 2.11. The van der Waals surface area contributed by atoms with Gasteiger partial charge in [-0.3, -0.25) is 0 Å². The second kappa shape index (κ2) is 5.21. The highest BCUT2D eigenvalue weighted by Gasteiger charge is 2.03. The lowest BCUT2D eigenvalue weighted by Crippen LogP contribution is -2.18. The maximum atomic E-state index is 2.22. The van der Waals surface area contributed by atoms with E-state index in [1.807, 2.05) is 13.0 Å². The summed E-state index contributed by atoms with van der Waals surface area (Å²) >= 11 is 0. The Hall–Kier alpha value is -0.590. The van der Waals surface area contributed by atoms with Gasteiger partial charge in [0, 0.05) is 6.42 Å². The molecule has 0 amide bonds. The second-order valence-electron chi connectivity index (χ2n) is 2.60. The van der Waals surface area contributed by atoms with Crippen LogP contribution in [-0.4, -0.2) is 23.9 Å². The molecule has 0 aliphatic carbocycles. The average molecular weight is 140 g/mol. The lowest BCUT2D eigenvalue weighted by atomic mass is 10.2. The van der Waals surface area contributed by atoms with Crippen molar-refractivity contribution < 1.29 is 4.58 Å². The molecule has 0 aromatic rings. The van der Waals surface area contributed by atoms with Crippen molar-refractivity contribution in [1.29, 1.82) is 0 Å². The van der Waals surface area contributed by atoms with Gasteiger partial charge in [0.15, 0.2) is 6.21 Å². The highest BCUT2D eigenvalue weighted by Crippen LogP contribution is 1.91. The number of nitrogens with zero attached hydrogens (tertiary/aromatic N) is 1. The molecule has 0 N–H and O–H groups in total. The lowest BCUT2D eigenvalue weighted by molar-refractivity contribution is -0.529. The van der Waals surface area contributed by atoms with Crippen LogP contribution in [0, 0.1) is 0 Å². The molecule has 1 unspecified atom stereocenters. The summed E-state index contributed by atoms with van der Waals surface area (Å²) in [5.41, 5.74) is 0. The molecule has 0 spiro atoms. The van der Waals surface area contributed by atoms with Gasteiger partial charge in [-0.05, 0) is 19.9 Å². The van der Waals surface area contributed by atoms with E-state index in [1.165, 1.54) is 6.42 Å². The van der Waals surface area contributed by atoms with Gasteiger partial charge in [0.05, 0.1) is 0 Å². The smallest absolute Gasteiger partial charge is 0.162 e. The van der Waals surface area contributed by atoms with Gasteiger partial charge in [0.25, 0.3) is 0 Å². The molecule has 0 saturated heterocycles. The summed E-state index contributed by atoms with van der Waals surface area (Å²) < 4.78 is 2.22. The largest absolute Gasteiger partial charge is 0.236 e. The summed E-state index contributed by atoms with van der Waals surface area (Å²) in [5, 5.41) is 0. The topological polar surface area (TPSA) is 3.01 Å². The van der Waals surface area contributed by atoms with E-state index in [2.05, 4.69) is 37.8 Å². The van der Waals surface area contributed by atoms with Crippen LogP contribution in [0.1, 0.15) is 27.2 Å². The third-order valence-electron chi connectivity index (χ3n) is 1.80. The monoisotopic (exact) mass is 140 g/mol. The molecule has 0 aromatic heterocycles. The maximum absolute atomic E-state index is 2.22. The molecule has 1 nitrogen and oxygen atoms in total. The third kappa shape index (κ3) is 3.44. The van der Waals surface area contributed by atoms with Crippen molar-refractivity contribution in [2.75, 3.05) is 7.05 Å². The summed E-state index contributed by atoms with van der Waals surface area (Å²) in [6, 6.07) is 0.649. The van der Waals surface area contributed by atoms with Crippen molar-refractivity contribution in [2.24, 2.45) is 0 Å². The zero-order chi connectivity index (χ0) is 7.98. The fourth-order valence-electron chi connectivity index (χ4n) is 0.657. The van der Waals surface area contributed by atoms with Crippen LogP contribution in [0.15, 0.2) is 12.2 Å². The van der Waals surface area contributed by atoms with Gasteiger partial charge in [-0.15, -0.1) is 0 Å². The van der Waals surface area contributed by atoms with Crippen LogP contribution < -0.4 is 0 Å². The van der Waals surface area contributed by atoms with Crippen LogP contribution in [0.5, 0.6) is 0 Å². The van der Waals surface area contributed by atoms with Gasteiger partial charge in [-0.1, -0.05) is 13.0 Å². The van der Waals surface area contributed by atoms with Crippen molar-refractivity contribution in [3.05, 3.63) is 12.2 Å². The van der Waals surface area contributed by atoms with E-state index in [0.717, 1.165) is 0 Å². The van der Waals surface area contributed by atoms with E-state index in [4.69, 9.17) is 0 Å². The minimum atomic E-state index is 0.649. The van der Waals surface area contributed by atoms with Crippen LogP contribution in [0.2, 0.25) is 0 Å². The average Bonchev–Trinajstić information content (AvgIpc) is 1.98. The quantitative estimate of drug-likeness (QED) is 0.417. The Bertz CT molecular complexity index is 134. The minimum absolute atomic E-state index is 0.649. The predicted octanol–water partition coefficient (Wildman–Crippen LogP) is 2.07. The van der Waals surface area contributed by atoms with Gasteiger partial charge in [0.2, 0.25) is 0 Å². The number of hydrogen-bond donors (Lipinski definition) is 0. The van der Waals surface area contributed by atoms with Crippen LogP contribution in [-0.2, 0) is 0 Å². The molecule has 0 fully saturated rings. The Labute approximate surface area is 64.1 Å². The Kier molecular flexibility index (Phi) is 4.91.